The standard InChI is InChI=1S/C16H24N4O3S/c1-19(2)15-17-13-12(14(21)18-15)6-8-16(13)7-3-9-20(10-16)24(22,23)11-4-5-11/h11H,3-10H2,1-2H3,(H,17,18,21). The topological polar surface area (TPSA) is 86.4 Å². The zero-order valence-corrected chi connectivity index (χ0v) is 15.0. The highest BCUT2D eigenvalue weighted by molar-refractivity contribution is 7.90. The summed E-state index contributed by atoms with van der Waals surface area (Å²) in [6.45, 7) is 1.07. The minimum absolute atomic E-state index is 0.0808. The van der Waals surface area contributed by atoms with Crippen molar-refractivity contribution < 1.29 is 8.42 Å². The van der Waals surface area contributed by atoms with Crippen LogP contribution in [0.25, 0.3) is 0 Å². The lowest BCUT2D eigenvalue weighted by molar-refractivity contribution is 0.219. The molecule has 1 atom stereocenters. The van der Waals surface area contributed by atoms with E-state index in [2.05, 4.69) is 4.98 Å². The Morgan fingerprint density at radius 1 is 1.29 bits per heavy atom. The van der Waals surface area contributed by atoms with Crippen molar-refractivity contribution in [3.05, 3.63) is 21.6 Å². The van der Waals surface area contributed by atoms with Gasteiger partial charge in [-0.05, 0) is 38.5 Å². The van der Waals surface area contributed by atoms with Gasteiger partial charge in [-0.2, -0.15) is 0 Å². The van der Waals surface area contributed by atoms with E-state index in [1.165, 1.54) is 0 Å². The second kappa shape index (κ2) is 5.29. The highest BCUT2D eigenvalue weighted by Gasteiger charge is 2.49. The molecule has 2 heterocycles. The van der Waals surface area contributed by atoms with Gasteiger partial charge < -0.3 is 4.90 Å². The van der Waals surface area contributed by atoms with Crippen molar-refractivity contribution in [1.82, 2.24) is 14.3 Å². The van der Waals surface area contributed by atoms with Crippen LogP contribution in [0, 0.1) is 0 Å². The summed E-state index contributed by atoms with van der Waals surface area (Å²) in [5, 5.41) is -0.182. The number of anilines is 1. The quantitative estimate of drug-likeness (QED) is 0.861. The number of aromatic amines is 1. The molecule has 1 spiro atoms. The number of fused-ring (bicyclic) bond motifs is 2. The van der Waals surface area contributed by atoms with Crippen LogP contribution in [0.1, 0.15) is 43.4 Å². The highest BCUT2D eigenvalue weighted by atomic mass is 32.2. The van der Waals surface area contributed by atoms with E-state index >= 15 is 0 Å². The Labute approximate surface area is 142 Å². The summed E-state index contributed by atoms with van der Waals surface area (Å²) in [5.41, 5.74) is 1.19. The predicted molar refractivity (Wildman–Crippen MR) is 91.9 cm³/mol. The summed E-state index contributed by atoms with van der Waals surface area (Å²) in [4.78, 5) is 21.7. The maximum Gasteiger partial charge on any atom is 0.255 e. The Kier molecular flexibility index (Phi) is 3.55. The summed E-state index contributed by atoms with van der Waals surface area (Å²) in [5.74, 6) is 0.544. The Balaban J connectivity index is 1.74. The van der Waals surface area contributed by atoms with Crippen LogP contribution in [0.3, 0.4) is 0 Å². The van der Waals surface area contributed by atoms with Gasteiger partial charge in [0.1, 0.15) is 0 Å². The molecule has 8 heteroatoms. The van der Waals surface area contributed by atoms with Crippen LogP contribution in [0.15, 0.2) is 4.79 Å². The van der Waals surface area contributed by atoms with E-state index in [0.717, 1.165) is 43.4 Å². The monoisotopic (exact) mass is 352 g/mol. The minimum atomic E-state index is -3.18. The van der Waals surface area contributed by atoms with E-state index in [0.29, 0.717) is 25.5 Å². The summed E-state index contributed by atoms with van der Waals surface area (Å²) in [7, 11) is 0.506. The first-order valence-electron chi connectivity index (χ1n) is 8.63. The molecule has 4 rings (SSSR count). The fraction of sp³-hybridized carbons (Fsp3) is 0.750. The van der Waals surface area contributed by atoms with Gasteiger partial charge in [0.2, 0.25) is 16.0 Å². The van der Waals surface area contributed by atoms with E-state index < -0.39 is 10.0 Å². The third kappa shape index (κ3) is 2.38. The fourth-order valence-corrected chi connectivity index (χ4v) is 6.10. The second-order valence-electron chi connectivity index (χ2n) is 7.57. The molecule has 2 fully saturated rings. The number of aromatic nitrogens is 2. The molecule has 0 aromatic carbocycles. The molecule has 132 valence electrons. The Bertz CT molecular complexity index is 828. The molecule has 0 bridgehead atoms. The van der Waals surface area contributed by atoms with Crippen molar-refractivity contribution in [3.63, 3.8) is 0 Å². The molecule has 1 aromatic heterocycles. The molecule has 3 aliphatic rings. The molecule has 2 aliphatic carbocycles. The number of nitrogens with one attached hydrogen (secondary N) is 1. The van der Waals surface area contributed by atoms with Crippen molar-refractivity contribution in [2.24, 2.45) is 0 Å². The Morgan fingerprint density at radius 3 is 2.71 bits per heavy atom. The molecule has 1 aliphatic heterocycles. The second-order valence-corrected chi connectivity index (χ2v) is 9.79. The van der Waals surface area contributed by atoms with Crippen LogP contribution >= 0.6 is 0 Å². The van der Waals surface area contributed by atoms with Gasteiger partial charge in [-0.25, -0.2) is 17.7 Å². The highest BCUT2D eigenvalue weighted by Crippen LogP contribution is 2.45. The van der Waals surface area contributed by atoms with Crippen molar-refractivity contribution >= 4 is 16.0 Å². The SMILES string of the molecule is CN(C)c1nc2c(c(=O)[nH]1)CCC21CCCN(S(=O)(=O)C2CC2)C1. The van der Waals surface area contributed by atoms with Crippen molar-refractivity contribution in [2.45, 2.75) is 49.2 Å². The predicted octanol–water partition coefficient (Wildman–Crippen LogP) is 0.608. The molecule has 1 aromatic rings. The van der Waals surface area contributed by atoms with Gasteiger partial charge in [-0.3, -0.25) is 9.78 Å². The molecule has 24 heavy (non-hydrogen) atoms. The molecule has 7 nitrogen and oxygen atoms in total. The van der Waals surface area contributed by atoms with E-state index in [-0.39, 0.29) is 16.2 Å². The average Bonchev–Trinajstić information content (AvgIpc) is 3.34. The number of rotatable bonds is 3. The van der Waals surface area contributed by atoms with Gasteiger partial charge >= 0.3 is 0 Å². The van der Waals surface area contributed by atoms with Crippen LogP contribution in [0.5, 0.6) is 0 Å². The van der Waals surface area contributed by atoms with Crippen LogP contribution in [0.4, 0.5) is 5.95 Å². The number of nitrogens with zero attached hydrogens (tertiary/aromatic N) is 3. The summed E-state index contributed by atoms with van der Waals surface area (Å²) in [6, 6.07) is 0. The minimum Gasteiger partial charge on any atom is -0.348 e. The van der Waals surface area contributed by atoms with Crippen LogP contribution < -0.4 is 10.5 Å². The van der Waals surface area contributed by atoms with Gasteiger partial charge in [0.05, 0.1) is 10.9 Å². The van der Waals surface area contributed by atoms with Crippen molar-refractivity contribution in [2.75, 3.05) is 32.1 Å². The first kappa shape index (κ1) is 16.1. The lowest BCUT2D eigenvalue weighted by Crippen LogP contribution is -2.49. The first-order chi connectivity index (χ1) is 11.3. The molecule has 0 amide bonds. The maximum atomic E-state index is 12.7. The van der Waals surface area contributed by atoms with Crippen LogP contribution in [0.2, 0.25) is 0 Å². The van der Waals surface area contributed by atoms with Crippen LogP contribution in [-0.4, -0.2) is 55.1 Å². The number of H-pyrrole nitrogens is 1. The van der Waals surface area contributed by atoms with Gasteiger partial charge in [-0.15, -0.1) is 0 Å². The summed E-state index contributed by atoms with van der Waals surface area (Å²) < 4.78 is 27.0. The zero-order chi connectivity index (χ0) is 17.1. The Hall–Kier alpha value is -1.41. The molecule has 1 N–H and O–H groups in total. The van der Waals surface area contributed by atoms with Gasteiger partial charge in [0.25, 0.3) is 5.56 Å². The normalized spacial score (nSPS) is 27.4. The molecule has 0 radical (unpaired) electrons. The smallest absolute Gasteiger partial charge is 0.255 e. The van der Waals surface area contributed by atoms with Crippen molar-refractivity contribution in [3.8, 4) is 0 Å². The van der Waals surface area contributed by atoms with Crippen molar-refractivity contribution in [1.29, 1.82) is 0 Å². The number of hydrogen-bond acceptors (Lipinski definition) is 5. The van der Waals surface area contributed by atoms with E-state index in [1.54, 1.807) is 9.21 Å². The summed E-state index contributed by atoms with van der Waals surface area (Å²) >= 11 is 0. The van der Waals surface area contributed by atoms with E-state index in [4.69, 9.17) is 4.98 Å². The average molecular weight is 352 g/mol. The lowest BCUT2D eigenvalue weighted by atomic mass is 9.78. The molecular weight excluding hydrogens is 328 g/mol. The molecule has 1 unspecified atom stereocenters. The first-order valence-corrected chi connectivity index (χ1v) is 10.1. The maximum absolute atomic E-state index is 12.7. The lowest BCUT2D eigenvalue weighted by Gasteiger charge is -2.40. The number of sulfonamides is 1. The van der Waals surface area contributed by atoms with E-state index in [1.807, 2.05) is 14.1 Å². The molecule has 1 saturated heterocycles. The Morgan fingerprint density at radius 2 is 2.04 bits per heavy atom. The fourth-order valence-electron chi connectivity index (χ4n) is 4.13. The van der Waals surface area contributed by atoms with Crippen LogP contribution in [-0.2, 0) is 21.9 Å². The number of piperidine rings is 1. The van der Waals surface area contributed by atoms with Gasteiger partial charge in [0.15, 0.2) is 0 Å². The van der Waals surface area contributed by atoms with Gasteiger partial charge in [0, 0.05) is 38.2 Å². The zero-order valence-electron chi connectivity index (χ0n) is 14.2. The third-order valence-electron chi connectivity index (χ3n) is 5.63. The third-order valence-corrected chi connectivity index (χ3v) is 7.98. The number of hydrogen-bond donors (Lipinski definition) is 1. The summed E-state index contributed by atoms with van der Waals surface area (Å²) in [6.07, 6.45) is 4.79. The molecule has 1 saturated carbocycles. The molecular formula is C16H24N4O3S. The largest absolute Gasteiger partial charge is 0.348 e. The van der Waals surface area contributed by atoms with Gasteiger partial charge in [-0.1, -0.05) is 0 Å². The van der Waals surface area contributed by atoms with E-state index in [9.17, 15) is 13.2 Å².